The number of aliphatic imine (C=N–C) groups is 9. The largest absolute Gasteiger partial charge is 0.390 e. The van der Waals surface area contributed by atoms with E-state index in [1.54, 1.807) is 70.6 Å². The smallest absolute Gasteiger partial charge is 0.113 e. The molecule has 0 aliphatic heterocycles. The monoisotopic (exact) mass is 1970 g/mol. The van der Waals surface area contributed by atoms with Gasteiger partial charge in [0.25, 0.3) is 0 Å². The van der Waals surface area contributed by atoms with Crippen LogP contribution in [-0.2, 0) is 151 Å². The fraction of sp³-hybridized carbons (Fsp3) is 0.592. The van der Waals surface area contributed by atoms with Crippen LogP contribution >= 0.6 is 0 Å². The third-order valence-corrected chi connectivity index (χ3v) is 30.5. The predicted octanol–water partition coefficient (Wildman–Crippen LogP) is 14.0. The number of aliphatic hydroxyl groups is 9. The van der Waals surface area contributed by atoms with Crippen LogP contribution in [0.5, 0.6) is 0 Å². The molecule has 0 saturated carbocycles. The van der Waals surface area contributed by atoms with Gasteiger partial charge in [0, 0.05) is 211 Å². The van der Waals surface area contributed by atoms with E-state index in [-0.39, 0.29) is 181 Å². The van der Waals surface area contributed by atoms with Crippen molar-refractivity contribution in [1.82, 2.24) is 0 Å². The van der Waals surface area contributed by atoms with E-state index in [2.05, 4.69) is 198 Å². The van der Waals surface area contributed by atoms with Crippen molar-refractivity contribution in [2.24, 2.45) is 44.9 Å². The molecule has 18 nitrogen and oxygen atoms in total. The Hall–Kier alpha value is -0.764. The van der Waals surface area contributed by atoms with Crippen molar-refractivity contribution >= 4 is 83.7 Å². The summed E-state index contributed by atoms with van der Waals surface area (Å²) >= 11 is 0. The van der Waals surface area contributed by atoms with Gasteiger partial charge in [-0.15, -0.1) is 13.2 Å². The molecule has 647 valence electrons. The first-order chi connectivity index (χ1) is 45.9. The average molecular weight is 1970 g/mol. The van der Waals surface area contributed by atoms with Crippen LogP contribution in [0.3, 0.4) is 0 Å². The van der Waals surface area contributed by atoms with Crippen molar-refractivity contribution in [3.63, 3.8) is 0 Å². The number of hydrogen-bond acceptors (Lipinski definition) is 18. The molecule has 0 aromatic heterocycles. The molecule has 8 unspecified atom stereocenters. The van der Waals surface area contributed by atoms with Crippen LogP contribution in [0, 0.1) is 0 Å². The third kappa shape index (κ3) is 73.9. The van der Waals surface area contributed by atoms with Gasteiger partial charge in [0.15, 0.2) is 0 Å². The van der Waals surface area contributed by atoms with Gasteiger partial charge in [0.1, 0.15) is 12.2 Å². The fourth-order valence-corrected chi connectivity index (χ4v) is 17.7. The molecule has 8 atom stereocenters. The van der Waals surface area contributed by atoms with Crippen molar-refractivity contribution in [3.05, 3.63) is 139 Å². The molecule has 0 aromatic carbocycles. The topological polar surface area (TPSA) is 293 Å². The molecule has 0 aliphatic rings. The number of rotatable bonds is 37. The molecular weight excluding hydrogens is 1830 g/mol. The molecule has 0 rings (SSSR count). The number of hydrogen-bond donors (Lipinski definition) is 9. The second-order valence-corrected chi connectivity index (χ2v) is 44.9. The number of nitrogens with zero attached hydrogens (tertiary/aromatic N) is 9. The molecule has 0 fully saturated rings. The van der Waals surface area contributed by atoms with Gasteiger partial charge in [-0.2, -0.15) is 0 Å². The molecular formula is C76H147Co9N9O9Si4. The molecule has 0 saturated heterocycles. The Morgan fingerprint density at radius 2 is 0.533 bits per heavy atom. The second kappa shape index (κ2) is 97.6. The molecule has 9 N–H and O–H groups in total. The quantitative estimate of drug-likeness (QED) is 0.0162. The zero-order valence-corrected chi connectivity index (χ0v) is 82.6. The minimum Gasteiger partial charge on any atom is -0.390 e. The van der Waals surface area contributed by atoms with E-state index in [0.29, 0.717) is 73.4 Å². The van der Waals surface area contributed by atoms with E-state index >= 15 is 0 Å². The summed E-state index contributed by atoms with van der Waals surface area (Å²) in [6, 6.07) is 6.64. The fourth-order valence-electron chi connectivity index (χ4n) is 8.39. The van der Waals surface area contributed by atoms with Crippen molar-refractivity contribution in [2.75, 3.05) is 67.0 Å². The van der Waals surface area contributed by atoms with Crippen molar-refractivity contribution < 1.29 is 197 Å². The Balaban J connectivity index is -0.0000000518. The molecule has 0 heterocycles. The maximum Gasteiger partial charge on any atom is 0.113 e. The summed E-state index contributed by atoms with van der Waals surface area (Å²) in [4.78, 5) is 36.3. The van der Waals surface area contributed by atoms with E-state index in [0.717, 1.165) is 59.9 Å². The Kier molecular flexibility index (Phi) is 138. The SMILES string of the molecule is C=CC(=NC)C(O)C=C.C=CC(=NC)C(O)[Si](C)(C)C.C=CC(=NC)C(O)[Si](CC)(CC)CC.C=CC(=NCC)C(C)O.C=CC(=NCC)C(O)C=C.C=CC(=NCC)C(O)CC.C=CC(=NCC)C(O)[Si](C)(C)C.C=CC(=NCC)C(O)[Si](CC)(CC)CC.C=CC(CO)=NCC.[Co].[Co].[Co].[Co].[Co].[Co].[Co].[Co].[Co]. The van der Waals surface area contributed by atoms with Crippen LogP contribution in [0.4, 0.5) is 0 Å². The standard InChI is InChI=1S/C12H25NOSi.C11H23NOSi.C9H19NOSi.C8H17NOSi.C8H15NO.C8H13NO.C7H11NO.C7H13NO.C6H11NO.9Co/c1-6-11(13-7-2)12(14)15(8-3,9-4)10-5;1-6-10(12-5)11(13)14(7-2,8-3)9-4;1-6-8(10-7-2)9(11)12(3,4)5;1-6-7(9-2)8(10)11(3,4)5;2*1-4-7(9-6-3)8(10)5-2;1-4-6(8-3)7(9)5-2;1-4-7(6(3)9)8-5-2;1-3-6(5-8)7-4-2;;;;;;;;;/h6,12,14H,1,7-10H2,2-5H3;6,11,13H,1,7-9H2,2-5H3;6,9,11H,1,7H2,2-5H3;6,8,10H,1H2,2-5H3;4,8,10H,1,5-6H2,2-3H3;4-5,8,10H,1-2,6H2,3H3;4-5,7,9H,1-2H2,3H3;4,6,9H,1,5H2,2-3H3;3,8H,1,4-5H2,2H3;;;;;;;;;. The van der Waals surface area contributed by atoms with Crippen LogP contribution in [0.2, 0.25) is 75.5 Å². The Labute approximate surface area is 750 Å². The van der Waals surface area contributed by atoms with Crippen LogP contribution in [-0.4, -0.2) is 244 Å². The predicted molar refractivity (Wildman–Crippen MR) is 452 cm³/mol. The van der Waals surface area contributed by atoms with Crippen LogP contribution in [0.15, 0.2) is 184 Å². The second-order valence-electron chi connectivity index (χ2n) is 23.6. The molecule has 9 radical (unpaired) electrons. The third-order valence-electron chi connectivity index (χ3n) is 15.3. The van der Waals surface area contributed by atoms with Gasteiger partial charge in [-0.1, -0.05) is 195 Å². The molecule has 0 aliphatic carbocycles. The molecule has 0 aromatic rings. The van der Waals surface area contributed by atoms with E-state index in [1.807, 2.05) is 48.5 Å². The van der Waals surface area contributed by atoms with Gasteiger partial charge in [0.2, 0.25) is 0 Å². The van der Waals surface area contributed by atoms with E-state index < -0.39 is 56.7 Å². The van der Waals surface area contributed by atoms with Crippen LogP contribution < -0.4 is 0 Å². The van der Waals surface area contributed by atoms with Crippen molar-refractivity contribution in [1.29, 1.82) is 0 Å². The minimum absolute atomic E-state index is 0. The number of aliphatic hydroxyl groups excluding tert-OH is 9. The van der Waals surface area contributed by atoms with Gasteiger partial charge in [-0.05, 0) is 110 Å². The van der Waals surface area contributed by atoms with Gasteiger partial charge in [-0.3, -0.25) is 44.9 Å². The van der Waals surface area contributed by atoms with Crippen molar-refractivity contribution in [2.45, 2.75) is 226 Å². The van der Waals surface area contributed by atoms with Gasteiger partial charge in [0.05, 0.1) is 125 Å². The van der Waals surface area contributed by atoms with Crippen molar-refractivity contribution in [3.8, 4) is 0 Å². The summed E-state index contributed by atoms with van der Waals surface area (Å²) in [6.45, 7) is 84.2. The maximum atomic E-state index is 10.4. The first-order valence-corrected chi connectivity index (χ1v) is 47.1. The minimum atomic E-state index is -1.59. The molecule has 0 amide bonds. The first-order valence-electron chi connectivity index (χ1n) is 34.5. The van der Waals surface area contributed by atoms with E-state index in [9.17, 15) is 25.5 Å². The van der Waals surface area contributed by atoms with Crippen LogP contribution in [0.1, 0.15) is 103 Å². The average Bonchev–Trinajstić information content (AvgIpc) is 0.842. The summed E-state index contributed by atoms with van der Waals surface area (Å²) in [6.07, 6.45) is 15.8. The molecule has 107 heavy (non-hydrogen) atoms. The zero-order valence-electron chi connectivity index (χ0n) is 69.2. The molecule has 0 spiro atoms. The Morgan fingerprint density at radius 1 is 0.308 bits per heavy atom. The Morgan fingerprint density at radius 3 is 0.701 bits per heavy atom. The molecule has 31 heteroatoms. The summed E-state index contributed by atoms with van der Waals surface area (Å²) in [5.74, 6) is 0. The summed E-state index contributed by atoms with van der Waals surface area (Å²) in [5, 5.41) is 85.0. The summed E-state index contributed by atoms with van der Waals surface area (Å²) in [7, 11) is -1.20. The summed E-state index contributed by atoms with van der Waals surface area (Å²) < 4.78 is 0. The zero-order chi connectivity index (χ0) is 78.9. The molecule has 0 bridgehead atoms. The van der Waals surface area contributed by atoms with Gasteiger partial charge >= 0.3 is 0 Å². The van der Waals surface area contributed by atoms with E-state index in [4.69, 9.17) is 20.4 Å². The van der Waals surface area contributed by atoms with E-state index in [1.165, 1.54) is 24.3 Å². The maximum absolute atomic E-state index is 10.4. The Bertz CT molecular complexity index is 2490. The van der Waals surface area contributed by atoms with Crippen LogP contribution in [0.25, 0.3) is 0 Å². The van der Waals surface area contributed by atoms with Gasteiger partial charge < -0.3 is 46.0 Å². The summed E-state index contributed by atoms with van der Waals surface area (Å²) in [5.41, 5.74) is 4.73. The first kappa shape index (κ1) is 151. The van der Waals surface area contributed by atoms with Gasteiger partial charge in [-0.25, -0.2) is 0 Å². The normalized spacial score (nSPS) is 13.7.